The van der Waals surface area contributed by atoms with Crippen LogP contribution in [0.15, 0.2) is 39.5 Å². The molecule has 0 saturated heterocycles. The maximum absolute atomic E-state index is 5.68. The van der Waals surface area contributed by atoms with Crippen molar-refractivity contribution in [1.29, 1.82) is 0 Å². The maximum atomic E-state index is 5.68. The molecule has 90 valence electrons. The monoisotopic (exact) mass is 310 g/mol. The zero-order valence-corrected chi connectivity index (χ0v) is 12.0. The van der Waals surface area contributed by atoms with Gasteiger partial charge in [0.05, 0.1) is 6.04 Å². The Balaban J connectivity index is 2.25. The molecule has 0 amide bonds. The van der Waals surface area contributed by atoms with Gasteiger partial charge in [-0.1, -0.05) is 22.0 Å². The van der Waals surface area contributed by atoms with Crippen LogP contribution in [0, 0.1) is 6.92 Å². The first kappa shape index (κ1) is 12.8. The lowest BCUT2D eigenvalue weighted by Gasteiger charge is -2.18. The van der Waals surface area contributed by atoms with E-state index in [9.17, 15) is 0 Å². The van der Waals surface area contributed by atoms with Gasteiger partial charge in [0.25, 0.3) is 0 Å². The molecule has 2 aromatic rings. The summed E-state index contributed by atoms with van der Waals surface area (Å²) in [6.45, 7) is 2.11. The molecule has 0 saturated carbocycles. The van der Waals surface area contributed by atoms with Crippen LogP contribution in [0.2, 0.25) is 0 Å². The molecule has 0 aliphatic rings. The summed E-state index contributed by atoms with van der Waals surface area (Å²) in [6, 6.07) is 8.59. The molecule has 17 heavy (non-hydrogen) atoms. The second kappa shape index (κ2) is 5.78. The Bertz CT molecular complexity index is 482. The number of nitrogens with two attached hydrogens (primary N) is 1. The van der Waals surface area contributed by atoms with E-state index >= 15 is 0 Å². The Hall–Kier alpha value is -0.680. The minimum Gasteiger partial charge on any atom is -0.271 e. The summed E-state index contributed by atoms with van der Waals surface area (Å²) >= 11 is 5.22. The molecule has 1 aromatic heterocycles. The Morgan fingerprint density at radius 1 is 1.41 bits per heavy atom. The van der Waals surface area contributed by atoms with Crippen molar-refractivity contribution in [3.63, 3.8) is 0 Å². The van der Waals surface area contributed by atoms with Gasteiger partial charge in [0.2, 0.25) is 0 Å². The van der Waals surface area contributed by atoms with Crippen LogP contribution in [0.3, 0.4) is 0 Å². The summed E-state index contributed by atoms with van der Waals surface area (Å²) < 4.78 is 1.09. The third kappa shape index (κ3) is 3.16. The van der Waals surface area contributed by atoms with E-state index in [-0.39, 0.29) is 6.04 Å². The number of hydrogen-bond donors (Lipinski definition) is 2. The minimum absolute atomic E-state index is 0.155. The van der Waals surface area contributed by atoms with Crippen molar-refractivity contribution in [1.82, 2.24) is 5.43 Å². The van der Waals surface area contributed by atoms with Gasteiger partial charge in [-0.25, -0.2) is 0 Å². The molecule has 0 fully saturated rings. The van der Waals surface area contributed by atoms with Gasteiger partial charge >= 0.3 is 0 Å². The van der Waals surface area contributed by atoms with Crippen LogP contribution in [0.4, 0.5) is 0 Å². The summed E-state index contributed by atoms with van der Waals surface area (Å²) in [5.41, 5.74) is 6.72. The number of rotatable bonds is 4. The minimum atomic E-state index is 0.155. The molecular weight excluding hydrogens is 296 g/mol. The molecule has 1 unspecified atom stereocenters. The van der Waals surface area contributed by atoms with Gasteiger partial charge in [0, 0.05) is 4.47 Å². The van der Waals surface area contributed by atoms with Gasteiger partial charge in [-0.2, -0.15) is 11.3 Å². The third-order valence-electron chi connectivity index (χ3n) is 2.84. The summed E-state index contributed by atoms with van der Waals surface area (Å²) in [5.74, 6) is 5.68. The Labute approximate surface area is 114 Å². The summed E-state index contributed by atoms with van der Waals surface area (Å²) in [6.07, 6.45) is 0.914. The highest BCUT2D eigenvalue weighted by Gasteiger charge is 2.13. The number of thiophene rings is 1. The van der Waals surface area contributed by atoms with Crippen molar-refractivity contribution in [2.75, 3.05) is 0 Å². The van der Waals surface area contributed by atoms with Gasteiger partial charge in [0.15, 0.2) is 0 Å². The molecule has 0 bridgehead atoms. The van der Waals surface area contributed by atoms with E-state index < -0.39 is 0 Å². The summed E-state index contributed by atoms with van der Waals surface area (Å²) in [4.78, 5) is 0. The van der Waals surface area contributed by atoms with E-state index in [1.165, 1.54) is 16.7 Å². The maximum Gasteiger partial charge on any atom is 0.0503 e. The van der Waals surface area contributed by atoms with Crippen molar-refractivity contribution in [3.05, 3.63) is 56.2 Å². The van der Waals surface area contributed by atoms with E-state index in [1.54, 1.807) is 11.3 Å². The van der Waals surface area contributed by atoms with E-state index in [4.69, 9.17) is 5.84 Å². The van der Waals surface area contributed by atoms with Crippen molar-refractivity contribution in [2.45, 2.75) is 19.4 Å². The Kier molecular flexibility index (Phi) is 4.34. The smallest absolute Gasteiger partial charge is 0.0503 e. The summed E-state index contributed by atoms with van der Waals surface area (Å²) in [5, 5.41) is 4.26. The highest BCUT2D eigenvalue weighted by atomic mass is 79.9. The lowest BCUT2D eigenvalue weighted by molar-refractivity contribution is 0.550. The van der Waals surface area contributed by atoms with Crippen molar-refractivity contribution >= 4 is 27.3 Å². The second-order valence-electron chi connectivity index (χ2n) is 4.06. The fourth-order valence-electron chi connectivity index (χ4n) is 1.89. The third-order valence-corrected chi connectivity index (χ3v) is 4.06. The fraction of sp³-hybridized carbons (Fsp3) is 0.231. The van der Waals surface area contributed by atoms with E-state index in [2.05, 4.69) is 63.3 Å². The van der Waals surface area contributed by atoms with Crippen molar-refractivity contribution in [2.24, 2.45) is 5.84 Å². The molecule has 0 aliphatic carbocycles. The molecule has 3 N–H and O–H groups in total. The molecule has 2 nitrogen and oxygen atoms in total. The number of hydrazine groups is 1. The first-order valence-electron chi connectivity index (χ1n) is 5.44. The van der Waals surface area contributed by atoms with Gasteiger partial charge in [-0.05, 0) is 59.0 Å². The van der Waals surface area contributed by atoms with E-state index in [0.717, 1.165) is 10.9 Å². The quantitative estimate of drug-likeness (QED) is 0.669. The van der Waals surface area contributed by atoms with Crippen LogP contribution in [0.5, 0.6) is 0 Å². The van der Waals surface area contributed by atoms with Crippen LogP contribution >= 0.6 is 27.3 Å². The van der Waals surface area contributed by atoms with Gasteiger partial charge in [-0.3, -0.25) is 11.3 Å². The Morgan fingerprint density at radius 2 is 2.24 bits per heavy atom. The van der Waals surface area contributed by atoms with Crippen LogP contribution in [-0.2, 0) is 6.42 Å². The van der Waals surface area contributed by atoms with Gasteiger partial charge in [0.1, 0.15) is 0 Å². The SMILES string of the molecule is Cc1ccc(Br)cc1C(Cc1ccsc1)NN. The van der Waals surface area contributed by atoms with Crippen LogP contribution in [0.1, 0.15) is 22.7 Å². The molecule has 1 aromatic carbocycles. The molecule has 1 atom stereocenters. The van der Waals surface area contributed by atoms with Crippen LogP contribution in [-0.4, -0.2) is 0 Å². The number of hydrogen-bond acceptors (Lipinski definition) is 3. The lowest BCUT2D eigenvalue weighted by atomic mass is 9.97. The molecule has 2 rings (SSSR count). The zero-order chi connectivity index (χ0) is 12.3. The molecule has 0 radical (unpaired) electrons. The number of nitrogens with one attached hydrogen (secondary N) is 1. The molecule has 1 heterocycles. The lowest BCUT2D eigenvalue weighted by Crippen LogP contribution is -2.30. The van der Waals surface area contributed by atoms with Gasteiger partial charge in [-0.15, -0.1) is 0 Å². The Morgan fingerprint density at radius 3 is 2.88 bits per heavy atom. The molecule has 0 aliphatic heterocycles. The van der Waals surface area contributed by atoms with Crippen molar-refractivity contribution in [3.8, 4) is 0 Å². The van der Waals surface area contributed by atoms with Crippen LogP contribution in [0.25, 0.3) is 0 Å². The normalized spacial score (nSPS) is 12.6. The molecule has 4 heteroatoms. The standard InChI is InChI=1S/C13H15BrN2S/c1-9-2-3-11(14)7-12(9)13(16-15)6-10-4-5-17-8-10/h2-5,7-8,13,16H,6,15H2,1H3. The highest BCUT2D eigenvalue weighted by Crippen LogP contribution is 2.25. The molecular formula is C13H15BrN2S. The largest absolute Gasteiger partial charge is 0.271 e. The highest BCUT2D eigenvalue weighted by molar-refractivity contribution is 9.10. The zero-order valence-electron chi connectivity index (χ0n) is 9.61. The average molecular weight is 311 g/mol. The number of aryl methyl sites for hydroxylation is 1. The average Bonchev–Trinajstić information content (AvgIpc) is 2.82. The second-order valence-corrected chi connectivity index (χ2v) is 5.75. The predicted octanol–water partition coefficient (Wildman–Crippen LogP) is 3.57. The van der Waals surface area contributed by atoms with E-state index in [0.29, 0.717) is 0 Å². The fourth-order valence-corrected chi connectivity index (χ4v) is 2.95. The first-order chi connectivity index (χ1) is 8.20. The predicted molar refractivity (Wildman–Crippen MR) is 77.0 cm³/mol. The number of halogens is 1. The van der Waals surface area contributed by atoms with Crippen molar-refractivity contribution < 1.29 is 0 Å². The molecule has 0 spiro atoms. The topological polar surface area (TPSA) is 38.0 Å². The van der Waals surface area contributed by atoms with Gasteiger partial charge < -0.3 is 0 Å². The van der Waals surface area contributed by atoms with E-state index in [1.807, 2.05) is 0 Å². The first-order valence-corrected chi connectivity index (χ1v) is 7.17. The van der Waals surface area contributed by atoms with Crippen LogP contribution < -0.4 is 11.3 Å². The number of benzene rings is 1. The summed E-state index contributed by atoms with van der Waals surface area (Å²) in [7, 11) is 0.